The van der Waals surface area contributed by atoms with E-state index in [1.165, 1.54) is 0 Å². The van der Waals surface area contributed by atoms with Crippen molar-refractivity contribution >= 4 is 5.78 Å². The summed E-state index contributed by atoms with van der Waals surface area (Å²) in [6, 6.07) is 0. The van der Waals surface area contributed by atoms with E-state index in [1.807, 2.05) is 6.92 Å². The molecule has 1 nitrogen and oxygen atoms in total. The Morgan fingerprint density at radius 3 is 2.00 bits per heavy atom. The molecule has 0 amide bonds. The number of hydrogen-bond donors (Lipinski definition) is 0. The Morgan fingerprint density at radius 2 is 2.00 bits per heavy atom. The summed E-state index contributed by atoms with van der Waals surface area (Å²) < 4.78 is 0. The Balaban J connectivity index is 0. The molecule has 0 aliphatic carbocycles. The van der Waals surface area contributed by atoms with Gasteiger partial charge in [0, 0.05) is 25.0 Å². The Labute approximate surface area is 56.4 Å². The van der Waals surface area contributed by atoms with Gasteiger partial charge >= 0.3 is 0 Å². The second kappa shape index (κ2) is 6.25. The summed E-state index contributed by atoms with van der Waals surface area (Å²) in [5.41, 5.74) is 0. The predicted octanol–water partition coefficient (Wildman–Crippen LogP) is 1.37. The Bertz CT molecular complexity index is 52.0. The molecule has 0 N–H and O–H groups in total. The smallest absolute Gasteiger partial charge is 0.129 e. The second-order valence-corrected chi connectivity index (χ2v) is 1.45. The van der Waals surface area contributed by atoms with Gasteiger partial charge in [0.25, 0.3) is 0 Å². The van der Waals surface area contributed by atoms with Crippen LogP contribution in [0, 0.1) is 0 Å². The van der Waals surface area contributed by atoms with Gasteiger partial charge < -0.3 is 4.79 Å². The molecular weight excluding hydrogens is 127 g/mol. The van der Waals surface area contributed by atoms with Crippen LogP contribution < -0.4 is 0 Å². The van der Waals surface area contributed by atoms with Crippen LogP contribution in [-0.4, -0.2) is 5.78 Å². The standard InChI is InChI=1S/C5H10O.V/c1-3-4-5(2)6;/h3-4H2,1-2H3;. The van der Waals surface area contributed by atoms with Crippen molar-refractivity contribution in [2.75, 3.05) is 0 Å². The molecule has 0 aliphatic rings. The monoisotopic (exact) mass is 137 g/mol. The Morgan fingerprint density at radius 1 is 1.57 bits per heavy atom. The van der Waals surface area contributed by atoms with E-state index < -0.39 is 0 Å². The molecule has 0 spiro atoms. The van der Waals surface area contributed by atoms with Gasteiger partial charge in [0.15, 0.2) is 0 Å². The van der Waals surface area contributed by atoms with Crippen molar-refractivity contribution in [2.24, 2.45) is 0 Å². The number of carbonyl (C=O) groups excluding carboxylic acids is 1. The molecule has 0 fully saturated rings. The van der Waals surface area contributed by atoms with E-state index in [4.69, 9.17) is 0 Å². The molecule has 0 bridgehead atoms. The van der Waals surface area contributed by atoms with Gasteiger partial charge in [-0.25, -0.2) is 0 Å². The summed E-state index contributed by atoms with van der Waals surface area (Å²) in [7, 11) is 0. The van der Waals surface area contributed by atoms with E-state index in [-0.39, 0.29) is 24.3 Å². The van der Waals surface area contributed by atoms with E-state index in [9.17, 15) is 4.79 Å². The topological polar surface area (TPSA) is 17.1 Å². The van der Waals surface area contributed by atoms with E-state index in [0.29, 0.717) is 0 Å². The zero-order valence-corrected chi connectivity index (χ0v) is 6.17. The first kappa shape index (κ1) is 10.3. The normalized spacial score (nSPS) is 7.14. The third kappa shape index (κ3) is 10.7. The third-order valence-corrected chi connectivity index (χ3v) is 0.602. The molecule has 0 aromatic rings. The van der Waals surface area contributed by atoms with Crippen LogP contribution in [0.25, 0.3) is 0 Å². The molecule has 0 aromatic heterocycles. The predicted molar refractivity (Wildman–Crippen MR) is 25.6 cm³/mol. The fraction of sp³-hybridized carbons (Fsp3) is 0.800. The zero-order valence-electron chi connectivity index (χ0n) is 4.77. The van der Waals surface area contributed by atoms with E-state index in [2.05, 4.69) is 0 Å². The van der Waals surface area contributed by atoms with Gasteiger partial charge in [-0.1, -0.05) is 6.92 Å². The average Bonchev–Trinajstić information content (AvgIpc) is 1.35. The van der Waals surface area contributed by atoms with E-state index in [0.717, 1.165) is 12.8 Å². The quantitative estimate of drug-likeness (QED) is 0.561. The van der Waals surface area contributed by atoms with Crippen LogP contribution in [0.3, 0.4) is 0 Å². The molecule has 0 aliphatic heterocycles. The molecule has 7 heavy (non-hydrogen) atoms. The van der Waals surface area contributed by atoms with Crippen molar-refractivity contribution in [1.82, 2.24) is 0 Å². The molecule has 2 heteroatoms. The molecular formula is C5H10OV. The fourth-order valence-corrected chi connectivity index (χ4v) is 0.352. The summed E-state index contributed by atoms with van der Waals surface area (Å²) in [6.07, 6.45) is 1.72. The molecule has 0 heterocycles. The summed E-state index contributed by atoms with van der Waals surface area (Å²) in [6.45, 7) is 3.62. The van der Waals surface area contributed by atoms with Crippen LogP contribution in [0.5, 0.6) is 0 Å². The first-order valence-corrected chi connectivity index (χ1v) is 2.26. The maximum Gasteiger partial charge on any atom is 0.129 e. The maximum absolute atomic E-state index is 10.0. The first-order chi connectivity index (χ1) is 2.77. The fourth-order valence-electron chi connectivity index (χ4n) is 0.352. The van der Waals surface area contributed by atoms with Crippen molar-refractivity contribution in [1.29, 1.82) is 0 Å². The summed E-state index contributed by atoms with van der Waals surface area (Å²) in [5, 5.41) is 0. The van der Waals surface area contributed by atoms with Crippen molar-refractivity contribution in [3.63, 3.8) is 0 Å². The molecule has 0 saturated carbocycles. The van der Waals surface area contributed by atoms with Crippen LogP contribution in [0.4, 0.5) is 0 Å². The Hall–Kier alpha value is 0.254. The molecule has 41 valence electrons. The van der Waals surface area contributed by atoms with Crippen LogP contribution in [0.15, 0.2) is 0 Å². The minimum absolute atomic E-state index is 0. The Kier molecular flexibility index (Phi) is 9.18. The van der Waals surface area contributed by atoms with E-state index >= 15 is 0 Å². The summed E-state index contributed by atoms with van der Waals surface area (Å²) >= 11 is 0. The third-order valence-electron chi connectivity index (χ3n) is 0.602. The van der Waals surface area contributed by atoms with Crippen LogP contribution in [0.1, 0.15) is 26.7 Å². The largest absolute Gasteiger partial charge is 0.300 e. The molecule has 0 aromatic carbocycles. The molecule has 0 atom stereocenters. The molecule has 0 saturated heterocycles. The van der Waals surface area contributed by atoms with Gasteiger partial charge in [-0.2, -0.15) is 0 Å². The van der Waals surface area contributed by atoms with Gasteiger partial charge in [-0.05, 0) is 13.3 Å². The molecule has 0 rings (SSSR count). The number of carbonyl (C=O) groups is 1. The minimum Gasteiger partial charge on any atom is -0.300 e. The van der Waals surface area contributed by atoms with Crippen LogP contribution in [0.2, 0.25) is 0 Å². The van der Waals surface area contributed by atoms with Crippen molar-refractivity contribution in [3.05, 3.63) is 0 Å². The van der Waals surface area contributed by atoms with Crippen molar-refractivity contribution < 1.29 is 23.4 Å². The number of hydrogen-bond acceptors (Lipinski definition) is 1. The zero-order chi connectivity index (χ0) is 4.99. The van der Waals surface area contributed by atoms with E-state index in [1.54, 1.807) is 6.92 Å². The van der Waals surface area contributed by atoms with Crippen LogP contribution in [-0.2, 0) is 23.4 Å². The van der Waals surface area contributed by atoms with Crippen LogP contribution >= 0.6 is 0 Å². The molecule has 1 radical (unpaired) electrons. The van der Waals surface area contributed by atoms with Gasteiger partial charge in [0.2, 0.25) is 0 Å². The number of ketones is 1. The van der Waals surface area contributed by atoms with Crippen molar-refractivity contribution in [2.45, 2.75) is 26.7 Å². The number of Topliss-reactive ketones (excluding diaryl/α,β-unsaturated/α-hetero) is 1. The van der Waals surface area contributed by atoms with Gasteiger partial charge in [0.05, 0.1) is 0 Å². The maximum atomic E-state index is 10.0. The average molecular weight is 137 g/mol. The van der Waals surface area contributed by atoms with Gasteiger partial charge in [-0.3, -0.25) is 0 Å². The number of rotatable bonds is 2. The minimum atomic E-state index is 0. The summed E-state index contributed by atoms with van der Waals surface area (Å²) in [4.78, 5) is 10.0. The first-order valence-electron chi connectivity index (χ1n) is 2.26. The van der Waals surface area contributed by atoms with Gasteiger partial charge in [-0.15, -0.1) is 0 Å². The molecule has 0 unspecified atom stereocenters. The summed E-state index contributed by atoms with van der Waals surface area (Å²) in [5.74, 6) is 0.289. The van der Waals surface area contributed by atoms with Crippen molar-refractivity contribution in [3.8, 4) is 0 Å². The second-order valence-electron chi connectivity index (χ2n) is 1.45. The van der Waals surface area contributed by atoms with Gasteiger partial charge in [0.1, 0.15) is 5.78 Å². The SMILES string of the molecule is CCCC(C)=O.[V].